The SMILES string of the molecule is O=c1oc2ccccc2cc1-c1csc(=S)[nH]1. The predicted octanol–water partition coefficient (Wildman–Crippen LogP) is 3.58. The number of fused-ring (bicyclic) bond motifs is 1. The molecule has 3 rings (SSSR count). The number of rotatable bonds is 1. The highest BCUT2D eigenvalue weighted by Crippen LogP contribution is 2.21. The summed E-state index contributed by atoms with van der Waals surface area (Å²) in [6.45, 7) is 0. The average molecular weight is 261 g/mol. The molecule has 0 spiro atoms. The molecule has 0 amide bonds. The van der Waals surface area contributed by atoms with E-state index in [9.17, 15) is 4.79 Å². The van der Waals surface area contributed by atoms with Gasteiger partial charge in [0.15, 0.2) is 3.95 Å². The third-order valence-electron chi connectivity index (χ3n) is 2.45. The fourth-order valence-electron chi connectivity index (χ4n) is 1.66. The molecular formula is C12H7NO2S2. The van der Waals surface area contributed by atoms with Crippen molar-refractivity contribution in [2.24, 2.45) is 0 Å². The number of para-hydroxylation sites is 1. The van der Waals surface area contributed by atoms with Gasteiger partial charge in [0, 0.05) is 10.8 Å². The third kappa shape index (κ3) is 1.83. The maximum Gasteiger partial charge on any atom is 0.345 e. The van der Waals surface area contributed by atoms with E-state index in [0.29, 0.717) is 20.8 Å². The van der Waals surface area contributed by atoms with Gasteiger partial charge in [-0.1, -0.05) is 18.2 Å². The largest absolute Gasteiger partial charge is 0.422 e. The van der Waals surface area contributed by atoms with Crippen molar-refractivity contribution in [1.82, 2.24) is 4.98 Å². The highest BCUT2D eigenvalue weighted by atomic mass is 32.1. The molecule has 2 aromatic heterocycles. The van der Waals surface area contributed by atoms with Crippen molar-refractivity contribution in [3.63, 3.8) is 0 Å². The molecule has 0 bridgehead atoms. The summed E-state index contributed by atoms with van der Waals surface area (Å²) in [6.07, 6.45) is 0. The summed E-state index contributed by atoms with van der Waals surface area (Å²) in [5.41, 5.74) is 1.46. The Bertz CT molecular complexity index is 798. The fourth-order valence-corrected chi connectivity index (χ4v) is 2.50. The zero-order valence-corrected chi connectivity index (χ0v) is 10.2. The summed E-state index contributed by atoms with van der Waals surface area (Å²) in [4.78, 5) is 14.8. The molecule has 1 aromatic carbocycles. The lowest BCUT2D eigenvalue weighted by Gasteiger charge is -1.99. The Morgan fingerprint density at radius 2 is 2.12 bits per heavy atom. The minimum atomic E-state index is -0.354. The van der Waals surface area contributed by atoms with E-state index in [1.54, 1.807) is 6.07 Å². The van der Waals surface area contributed by atoms with E-state index >= 15 is 0 Å². The standard InChI is InChI=1S/C12H7NO2S2/c14-11-8(9-6-17-12(16)13-9)5-7-3-1-2-4-10(7)15-11/h1-6H,(H,13,16). The van der Waals surface area contributed by atoms with E-state index in [-0.39, 0.29) is 5.63 Å². The van der Waals surface area contributed by atoms with Crippen molar-refractivity contribution in [2.45, 2.75) is 0 Å². The van der Waals surface area contributed by atoms with Crippen LogP contribution in [0.4, 0.5) is 0 Å². The Labute approximate surface area is 105 Å². The van der Waals surface area contributed by atoms with Gasteiger partial charge in [-0.15, -0.1) is 11.3 Å². The number of hydrogen-bond donors (Lipinski definition) is 1. The molecule has 3 aromatic rings. The number of nitrogens with one attached hydrogen (secondary N) is 1. The van der Waals surface area contributed by atoms with E-state index in [1.165, 1.54) is 11.3 Å². The van der Waals surface area contributed by atoms with E-state index in [4.69, 9.17) is 16.6 Å². The van der Waals surface area contributed by atoms with Gasteiger partial charge in [-0.05, 0) is 24.4 Å². The van der Waals surface area contributed by atoms with E-state index in [1.807, 2.05) is 29.6 Å². The molecule has 84 valence electrons. The van der Waals surface area contributed by atoms with Crippen LogP contribution in [-0.2, 0) is 0 Å². The predicted molar refractivity (Wildman–Crippen MR) is 71.0 cm³/mol. The van der Waals surface area contributed by atoms with Crippen molar-refractivity contribution >= 4 is 34.5 Å². The van der Waals surface area contributed by atoms with Crippen LogP contribution in [0.1, 0.15) is 0 Å². The van der Waals surface area contributed by atoms with Crippen LogP contribution in [0.25, 0.3) is 22.2 Å². The van der Waals surface area contributed by atoms with E-state index < -0.39 is 0 Å². The lowest BCUT2D eigenvalue weighted by atomic mass is 10.1. The van der Waals surface area contributed by atoms with Crippen LogP contribution >= 0.6 is 23.6 Å². The Hall–Kier alpha value is -1.72. The molecule has 0 saturated carbocycles. The second-order valence-corrected chi connectivity index (χ2v) is 5.09. The molecule has 0 aliphatic heterocycles. The molecule has 0 radical (unpaired) electrons. The molecule has 5 heteroatoms. The summed E-state index contributed by atoms with van der Waals surface area (Å²) < 4.78 is 5.90. The van der Waals surface area contributed by atoms with Crippen LogP contribution in [0.5, 0.6) is 0 Å². The molecule has 0 aliphatic rings. The minimum absolute atomic E-state index is 0.354. The number of benzene rings is 1. The molecule has 3 nitrogen and oxygen atoms in total. The van der Waals surface area contributed by atoms with Gasteiger partial charge in [-0.2, -0.15) is 0 Å². The first-order chi connectivity index (χ1) is 8.24. The summed E-state index contributed by atoms with van der Waals surface area (Å²) in [5.74, 6) is 0. The zero-order valence-electron chi connectivity index (χ0n) is 8.60. The molecule has 2 heterocycles. The van der Waals surface area contributed by atoms with Crippen LogP contribution in [0.2, 0.25) is 0 Å². The average Bonchev–Trinajstić information content (AvgIpc) is 2.75. The smallest absolute Gasteiger partial charge is 0.345 e. The van der Waals surface area contributed by atoms with Crippen LogP contribution in [0, 0.1) is 3.95 Å². The molecule has 0 aliphatic carbocycles. The van der Waals surface area contributed by atoms with Gasteiger partial charge in [0.25, 0.3) is 0 Å². The molecule has 0 unspecified atom stereocenters. The van der Waals surface area contributed by atoms with Gasteiger partial charge in [0.05, 0.1) is 11.3 Å². The second-order valence-electron chi connectivity index (χ2n) is 3.55. The Balaban J connectivity index is 2.33. The lowest BCUT2D eigenvalue weighted by molar-refractivity contribution is 0.563. The van der Waals surface area contributed by atoms with Gasteiger partial charge in [0.1, 0.15) is 5.58 Å². The monoisotopic (exact) mass is 261 g/mol. The Kier molecular flexibility index (Phi) is 2.42. The quantitative estimate of drug-likeness (QED) is 0.538. The van der Waals surface area contributed by atoms with Gasteiger partial charge in [-0.25, -0.2) is 4.79 Å². The summed E-state index contributed by atoms with van der Waals surface area (Å²) >= 11 is 6.39. The van der Waals surface area contributed by atoms with Crippen molar-refractivity contribution in [2.75, 3.05) is 0 Å². The number of aromatic amines is 1. The van der Waals surface area contributed by atoms with Crippen molar-refractivity contribution in [3.8, 4) is 11.3 Å². The first kappa shape index (κ1) is 10.4. The molecular weight excluding hydrogens is 254 g/mol. The maximum absolute atomic E-state index is 11.8. The van der Waals surface area contributed by atoms with Gasteiger partial charge in [0.2, 0.25) is 0 Å². The Morgan fingerprint density at radius 3 is 2.88 bits per heavy atom. The lowest BCUT2D eigenvalue weighted by Crippen LogP contribution is -2.02. The number of thiazole rings is 1. The minimum Gasteiger partial charge on any atom is -0.422 e. The number of hydrogen-bond acceptors (Lipinski definition) is 4. The summed E-state index contributed by atoms with van der Waals surface area (Å²) in [6, 6.07) is 9.23. The second kappa shape index (κ2) is 3.94. The molecule has 17 heavy (non-hydrogen) atoms. The van der Waals surface area contributed by atoms with Gasteiger partial charge >= 0.3 is 5.63 Å². The van der Waals surface area contributed by atoms with Gasteiger partial charge in [-0.3, -0.25) is 0 Å². The summed E-state index contributed by atoms with van der Waals surface area (Å²) in [5, 5.41) is 2.72. The topological polar surface area (TPSA) is 46.0 Å². The highest BCUT2D eigenvalue weighted by Gasteiger charge is 2.08. The zero-order chi connectivity index (χ0) is 11.8. The highest BCUT2D eigenvalue weighted by molar-refractivity contribution is 7.73. The van der Waals surface area contributed by atoms with Gasteiger partial charge < -0.3 is 9.40 Å². The number of H-pyrrole nitrogens is 1. The summed E-state index contributed by atoms with van der Waals surface area (Å²) in [7, 11) is 0. The fraction of sp³-hybridized carbons (Fsp3) is 0. The number of aromatic nitrogens is 1. The van der Waals surface area contributed by atoms with Crippen LogP contribution in [0.3, 0.4) is 0 Å². The van der Waals surface area contributed by atoms with Crippen LogP contribution in [0.15, 0.2) is 44.9 Å². The Morgan fingerprint density at radius 1 is 1.29 bits per heavy atom. The molecule has 0 saturated heterocycles. The molecule has 0 atom stereocenters. The van der Waals surface area contributed by atoms with E-state index in [2.05, 4.69) is 4.98 Å². The van der Waals surface area contributed by atoms with Crippen LogP contribution < -0.4 is 5.63 Å². The normalized spacial score (nSPS) is 10.8. The third-order valence-corrected chi connectivity index (χ3v) is 3.51. The maximum atomic E-state index is 11.8. The van der Waals surface area contributed by atoms with Crippen molar-refractivity contribution in [1.29, 1.82) is 0 Å². The van der Waals surface area contributed by atoms with Crippen molar-refractivity contribution < 1.29 is 4.42 Å². The van der Waals surface area contributed by atoms with Crippen molar-refractivity contribution in [3.05, 3.63) is 50.1 Å². The van der Waals surface area contributed by atoms with Crippen LogP contribution in [-0.4, -0.2) is 4.98 Å². The molecule has 1 N–H and O–H groups in total. The first-order valence-electron chi connectivity index (χ1n) is 4.95. The molecule has 0 fully saturated rings. The first-order valence-corrected chi connectivity index (χ1v) is 6.24. The van der Waals surface area contributed by atoms with E-state index in [0.717, 1.165) is 5.39 Å².